The van der Waals surface area contributed by atoms with E-state index in [-0.39, 0.29) is 0 Å². The Bertz CT molecular complexity index is 3420. The van der Waals surface area contributed by atoms with Gasteiger partial charge in [0.15, 0.2) is 0 Å². The molecule has 0 atom stereocenters. The fraction of sp³-hybridized carbons (Fsp3) is 0. The molecule has 254 valence electrons. The Balaban J connectivity index is 1.19. The van der Waals surface area contributed by atoms with Crippen LogP contribution in [-0.2, 0) is 0 Å². The Morgan fingerprint density at radius 3 is 1.53 bits per heavy atom. The molecular weight excluding hydrogens is 671 g/mol. The first-order valence-corrected chi connectivity index (χ1v) is 18.3. The summed E-state index contributed by atoms with van der Waals surface area (Å²) in [7, 11) is 0. The minimum absolute atomic E-state index is 0.579. The standard InChI is InChI=1S/C50H29N5/c51-30-33-28-27-32(35-14-1-6-20-41(35)55-44-23-9-4-17-38(44)39-19-11-13-34(31-52)50(39)55)29-48(33)54-45-24-10-5-18-40(45)49-46(25-12-26-47(49)54)53-42-21-7-2-15-36(42)37-16-3-8-22-43(37)53/h1-29H. The number of rotatable bonds is 4. The van der Waals surface area contributed by atoms with Gasteiger partial charge >= 0.3 is 0 Å². The van der Waals surface area contributed by atoms with Crippen LogP contribution < -0.4 is 0 Å². The lowest BCUT2D eigenvalue weighted by Crippen LogP contribution is -2.01. The third-order valence-electron chi connectivity index (χ3n) is 11.1. The molecule has 55 heavy (non-hydrogen) atoms. The van der Waals surface area contributed by atoms with Crippen molar-refractivity contribution in [3.8, 4) is 40.3 Å². The molecule has 0 unspecified atom stereocenters. The minimum Gasteiger partial charge on any atom is -0.309 e. The maximum absolute atomic E-state index is 10.7. The highest BCUT2D eigenvalue weighted by Gasteiger charge is 2.22. The monoisotopic (exact) mass is 699 g/mol. The molecule has 0 saturated heterocycles. The lowest BCUT2D eigenvalue weighted by atomic mass is 10.00. The van der Waals surface area contributed by atoms with Crippen molar-refractivity contribution in [3.05, 3.63) is 187 Å². The van der Waals surface area contributed by atoms with Gasteiger partial charge < -0.3 is 13.7 Å². The molecule has 5 nitrogen and oxygen atoms in total. The average Bonchev–Trinajstić information content (AvgIpc) is 3.89. The number of hydrogen-bond donors (Lipinski definition) is 0. The van der Waals surface area contributed by atoms with Crippen LogP contribution in [0.25, 0.3) is 93.6 Å². The fourth-order valence-electron chi connectivity index (χ4n) is 8.88. The lowest BCUT2D eigenvalue weighted by molar-refractivity contribution is 1.15. The third-order valence-corrected chi connectivity index (χ3v) is 11.1. The normalized spacial score (nSPS) is 11.6. The summed E-state index contributed by atoms with van der Waals surface area (Å²) in [5, 5.41) is 27.7. The van der Waals surface area contributed by atoms with Crippen LogP contribution in [0.5, 0.6) is 0 Å². The Kier molecular flexibility index (Phi) is 6.61. The topological polar surface area (TPSA) is 62.4 Å². The number of fused-ring (bicyclic) bond motifs is 9. The van der Waals surface area contributed by atoms with Crippen molar-refractivity contribution in [2.24, 2.45) is 0 Å². The summed E-state index contributed by atoms with van der Waals surface area (Å²) in [6.45, 7) is 0. The molecular formula is C50H29N5. The van der Waals surface area contributed by atoms with Crippen molar-refractivity contribution in [1.82, 2.24) is 13.7 Å². The second-order valence-electron chi connectivity index (χ2n) is 13.9. The fourth-order valence-corrected chi connectivity index (χ4v) is 8.88. The van der Waals surface area contributed by atoms with Crippen molar-refractivity contribution in [1.29, 1.82) is 10.5 Å². The maximum atomic E-state index is 10.7. The second-order valence-corrected chi connectivity index (χ2v) is 13.9. The van der Waals surface area contributed by atoms with Crippen LogP contribution >= 0.6 is 0 Å². The minimum atomic E-state index is 0.579. The van der Waals surface area contributed by atoms with Gasteiger partial charge in [0.05, 0.1) is 61.3 Å². The number of nitrogens with zero attached hydrogens (tertiary/aromatic N) is 5. The molecule has 0 N–H and O–H groups in total. The van der Waals surface area contributed by atoms with Crippen LogP contribution in [-0.4, -0.2) is 13.7 Å². The van der Waals surface area contributed by atoms with E-state index in [4.69, 9.17) is 0 Å². The van der Waals surface area contributed by atoms with E-state index in [1.54, 1.807) is 0 Å². The molecule has 0 aliphatic heterocycles. The van der Waals surface area contributed by atoms with Crippen LogP contribution in [0.4, 0.5) is 0 Å². The number of nitriles is 2. The molecule has 0 fully saturated rings. The van der Waals surface area contributed by atoms with Crippen LogP contribution in [0.3, 0.4) is 0 Å². The van der Waals surface area contributed by atoms with Gasteiger partial charge in [-0.15, -0.1) is 0 Å². The number of aromatic nitrogens is 3. The highest BCUT2D eigenvalue weighted by Crippen LogP contribution is 2.42. The van der Waals surface area contributed by atoms with E-state index >= 15 is 0 Å². The highest BCUT2D eigenvalue weighted by molar-refractivity contribution is 6.17. The van der Waals surface area contributed by atoms with Crippen molar-refractivity contribution in [2.45, 2.75) is 0 Å². The van der Waals surface area contributed by atoms with Gasteiger partial charge in [0, 0.05) is 37.9 Å². The van der Waals surface area contributed by atoms with Gasteiger partial charge in [0.25, 0.3) is 0 Å². The average molecular weight is 700 g/mol. The van der Waals surface area contributed by atoms with Gasteiger partial charge in [0.1, 0.15) is 12.1 Å². The lowest BCUT2D eigenvalue weighted by Gasteiger charge is -2.17. The maximum Gasteiger partial charge on any atom is 0.101 e. The van der Waals surface area contributed by atoms with Gasteiger partial charge in [-0.2, -0.15) is 10.5 Å². The summed E-state index contributed by atoms with van der Waals surface area (Å²) in [5.74, 6) is 0. The van der Waals surface area contributed by atoms with Crippen LogP contribution in [0, 0.1) is 22.7 Å². The zero-order valence-corrected chi connectivity index (χ0v) is 29.5. The number of para-hydroxylation sites is 6. The van der Waals surface area contributed by atoms with E-state index in [2.05, 4.69) is 153 Å². The summed E-state index contributed by atoms with van der Waals surface area (Å²) < 4.78 is 6.85. The first-order valence-electron chi connectivity index (χ1n) is 18.3. The van der Waals surface area contributed by atoms with Gasteiger partial charge in [-0.3, -0.25) is 0 Å². The summed E-state index contributed by atoms with van der Waals surface area (Å²) in [6, 6.07) is 65.8. The summed E-state index contributed by atoms with van der Waals surface area (Å²) in [5.41, 5.74) is 12.3. The summed E-state index contributed by atoms with van der Waals surface area (Å²) in [6.07, 6.45) is 0. The Morgan fingerprint density at radius 2 is 0.836 bits per heavy atom. The van der Waals surface area contributed by atoms with Gasteiger partial charge in [0.2, 0.25) is 0 Å². The molecule has 0 bridgehead atoms. The zero-order valence-electron chi connectivity index (χ0n) is 29.5. The predicted octanol–water partition coefficient (Wildman–Crippen LogP) is 12.4. The van der Waals surface area contributed by atoms with Crippen molar-refractivity contribution < 1.29 is 0 Å². The largest absolute Gasteiger partial charge is 0.309 e. The summed E-state index contributed by atoms with van der Waals surface area (Å²) >= 11 is 0. The van der Waals surface area contributed by atoms with E-state index in [1.165, 1.54) is 10.8 Å². The molecule has 0 spiro atoms. The Labute approximate surface area is 316 Å². The van der Waals surface area contributed by atoms with Crippen molar-refractivity contribution in [3.63, 3.8) is 0 Å². The first-order chi connectivity index (χ1) is 27.2. The molecule has 11 rings (SSSR count). The molecule has 0 aliphatic rings. The van der Waals surface area contributed by atoms with Crippen molar-refractivity contribution >= 4 is 65.4 Å². The first kappa shape index (κ1) is 30.7. The number of hydrogen-bond acceptors (Lipinski definition) is 2. The van der Waals surface area contributed by atoms with E-state index in [9.17, 15) is 10.5 Å². The smallest absolute Gasteiger partial charge is 0.101 e. The molecule has 3 heterocycles. The number of benzene rings is 8. The van der Waals surface area contributed by atoms with Gasteiger partial charge in [-0.1, -0.05) is 115 Å². The van der Waals surface area contributed by atoms with Crippen LogP contribution in [0.1, 0.15) is 11.1 Å². The molecule has 5 heteroatoms. The zero-order chi connectivity index (χ0) is 36.6. The molecule has 0 aliphatic carbocycles. The molecule has 0 radical (unpaired) electrons. The van der Waals surface area contributed by atoms with E-state index in [0.29, 0.717) is 11.1 Å². The van der Waals surface area contributed by atoms with Crippen LogP contribution in [0.15, 0.2) is 176 Å². The second kappa shape index (κ2) is 11.8. The molecule has 0 saturated carbocycles. The van der Waals surface area contributed by atoms with Crippen molar-refractivity contribution in [2.75, 3.05) is 0 Å². The molecule has 11 aromatic rings. The Morgan fingerprint density at radius 1 is 0.345 bits per heavy atom. The highest BCUT2D eigenvalue weighted by atomic mass is 15.0. The quantitative estimate of drug-likeness (QED) is 0.184. The summed E-state index contributed by atoms with van der Waals surface area (Å²) in [4.78, 5) is 0. The van der Waals surface area contributed by atoms with E-state index in [1.807, 2.05) is 48.5 Å². The van der Waals surface area contributed by atoms with E-state index in [0.717, 1.165) is 82.8 Å². The predicted molar refractivity (Wildman–Crippen MR) is 224 cm³/mol. The third kappa shape index (κ3) is 4.33. The van der Waals surface area contributed by atoms with Crippen LogP contribution in [0.2, 0.25) is 0 Å². The molecule has 0 amide bonds. The molecule has 3 aromatic heterocycles. The van der Waals surface area contributed by atoms with E-state index < -0.39 is 0 Å². The van der Waals surface area contributed by atoms with Gasteiger partial charge in [-0.25, -0.2) is 0 Å². The SMILES string of the molecule is N#Cc1ccc(-c2ccccc2-n2c3ccccc3c3cccc(C#N)c32)cc1-n1c2ccccc2c2c(-n3c4ccccc4c4ccccc43)cccc21. The Hall–Kier alpha value is -7.86. The molecule has 8 aromatic carbocycles. The van der Waals surface area contributed by atoms with Gasteiger partial charge in [-0.05, 0) is 66.2 Å².